The maximum atomic E-state index is 13.2. The predicted octanol–water partition coefficient (Wildman–Crippen LogP) is 2.90. The Morgan fingerprint density at radius 3 is 2.79 bits per heavy atom. The van der Waals surface area contributed by atoms with Gasteiger partial charge in [0, 0.05) is 18.4 Å². The fourth-order valence-electron chi connectivity index (χ4n) is 3.29. The van der Waals surface area contributed by atoms with Crippen LogP contribution >= 0.6 is 0 Å². The summed E-state index contributed by atoms with van der Waals surface area (Å²) in [7, 11) is 2.13. The molecule has 1 aliphatic rings. The second-order valence-electron chi connectivity index (χ2n) is 6.59. The Balaban J connectivity index is 1.79. The number of hydrogen-bond acceptors (Lipinski definition) is 4. The third-order valence-electron chi connectivity index (χ3n) is 4.87. The van der Waals surface area contributed by atoms with Crippen LogP contribution in [0.25, 0.3) is 0 Å². The first-order chi connectivity index (χ1) is 11.6. The van der Waals surface area contributed by atoms with E-state index in [-0.39, 0.29) is 17.9 Å². The highest BCUT2D eigenvalue weighted by Crippen LogP contribution is 2.24. The van der Waals surface area contributed by atoms with Crippen LogP contribution in [0.1, 0.15) is 37.0 Å². The molecule has 0 unspecified atom stereocenters. The van der Waals surface area contributed by atoms with E-state index < -0.39 is 0 Å². The Hall–Kier alpha value is -2.14. The third-order valence-corrected chi connectivity index (χ3v) is 4.87. The molecule has 1 atom stereocenters. The normalized spacial score (nSPS) is 17.6. The minimum Gasteiger partial charge on any atom is -0.467 e. The molecular weight excluding hydrogens is 302 g/mol. The molecular formula is C19H25N3O2. The number of rotatable bonds is 5. The van der Waals surface area contributed by atoms with Gasteiger partial charge in [-0.05, 0) is 63.7 Å². The van der Waals surface area contributed by atoms with Crippen LogP contribution in [-0.2, 0) is 11.3 Å². The lowest BCUT2D eigenvalue weighted by Crippen LogP contribution is -2.47. The van der Waals surface area contributed by atoms with Crippen LogP contribution in [0.4, 0.5) is 0 Å². The molecule has 1 saturated heterocycles. The molecule has 128 valence electrons. The van der Waals surface area contributed by atoms with E-state index in [9.17, 15) is 4.79 Å². The van der Waals surface area contributed by atoms with Gasteiger partial charge in [-0.1, -0.05) is 6.07 Å². The lowest BCUT2D eigenvalue weighted by molar-refractivity contribution is -0.136. The van der Waals surface area contributed by atoms with Gasteiger partial charge in [0.25, 0.3) is 0 Å². The van der Waals surface area contributed by atoms with E-state index in [4.69, 9.17) is 4.42 Å². The minimum atomic E-state index is -0.201. The van der Waals surface area contributed by atoms with Crippen molar-refractivity contribution in [3.8, 4) is 0 Å². The zero-order valence-corrected chi connectivity index (χ0v) is 14.4. The molecule has 24 heavy (non-hydrogen) atoms. The molecule has 0 radical (unpaired) electrons. The van der Waals surface area contributed by atoms with Gasteiger partial charge in [-0.2, -0.15) is 0 Å². The quantitative estimate of drug-likeness (QED) is 0.847. The number of piperidine rings is 1. The molecule has 5 nitrogen and oxygen atoms in total. The summed E-state index contributed by atoms with van der Waals surface area (Å²) < 4.78 is 5.49. The van der Waals surface area contributed by atoms with Crippen LogP contribution in [0, 0.1) is 0 Å². The second-order valence-corrected chi connectivity index (χ2v) is 6.59. The van der Waals surface area contributed by atoms with Crippen molar-refractivity contribution >= 4 is 5.91 Å². The molecule has 3 heterocycles. The van der Waals surface area contributed by atoms with E-state index in [1.807, 2.05) is 36.1 Å². The summed E-state index contributed by atoms with van der Waals surface area (Å²) in [6, 6.07) is 7.92. The summed E-state index contributed by atoms with van der Waals surface area (Å²) >= 11 is 0. The largest absolute Gasteiger partial charge is 0.467 e. The number of amides is 1. The first-order valence-corrected chi connectivity index (χ1v) is 8.56. The van der Waals surface area contributed by atoms with Crippen molar-refractivity contribution in [3.63, 3.8) is 0 Å². The third kappa shape index (κ3) is 3.85. The van der Waals surface area contributed by atoms with Crippen LogP contribution in [0.3, 0.4) is 0 Å². The van der Waals surface area contributed by atoms with Crippen molar-refractivity contribution in [1.29, 1.82) is 0 Å². The van der Waals surface area contributed by atoms with Gasteiger partial charge in [0.05, 0.1) is 18.7 Å². The van der Waals surface area contributed by atoms with Crippen LogP contribution in [0.5, 0.6) is 0 Å². The molecule has 0 N–H and O–H groups in total. The zero-order valence-electron chi connectivity index (χ0n) is 14.4. The maximum absolute atomic E-state index is 13.2. The van der Waals surface area contributed by atoms with E-state index >= 15 is 0 Å². The summed E-state index contributed by atoms with van der Waals surface area (Å²) in [6.45, 7) is 4.54. The number of carbonyl (C=O) groups excluding carboxylic acids is 1. The zero-order chi connectivity index (χ0) is 16.9. The number of likely N-dealkylation sites (tertiary alicyclic amines) is 1. The number of aromatic nitrogens is 1. The molecule has 0 spiro atoms. The van der Waals surface area contributed by atoms with E-state index in [0.29, 0.717) is 6.54 Å². The molecule has 0 aromatic carbocycles. The van der Waals surface area contributed by atoms with E-state index in [0.717, 1.165) is 37.3 Å². The van der Waals surface area contributed by atoms with Crippen molar-refractivity contribution in [2.75, 3.05) is 20.1 Å². The monoisotopic (exact) mass is 327 g/mol. The Morgan fingerprint density at radius 2 is 2.17 bits per heavy atom. The SMILES string of the molecule is C[C@@H](C(=O)N(Cc1ccco1)C1CCN(C)CC1)c1cccnc1. The van der Waals surface area contributed by atoms with Crippen LogP contribution in [0.2, 0.25) is 0 Å². The summed E-state index contributed by atoms with van der Waals surface area (Å²) in [5, 5.41) is 0. The average molecular weight is 327 g/mol. The first-order valence-electron chi connectivity index (χ1n) is 8.56. The number of pyridine rings is 1. The molecule has 3 rings (SSSR count). The van der Waals surface area contributed by atoms with E-state index in [1.165, 1.54) is 0 Å². The molecule has 2 aromatic heterocycles. The Labute approximate surface area is 143 Å². The molecule has 1 fully saturated rings. The van der Waals surface area contributed by atoms with Crippen molar-refractivity contribution < 1.29 is 9.21 Å². The van der Waals surface area contributed by atoms with Crippen molar-refractivity contribution in [2.45, 2.75) is 38.3 Å². The maximum Gasteiger partial charge on any atom is 0.230 e. The summed E-state index contributed by atoms with van der Waals surface area (Å²) in [6.07, 6.45) is 7.18. The molecule has 1 amide bonds. The van der Waals surface area contributed by atoms with Gasteiger partial charge in [0.1, 0.15) is 5.76 Å². The summed E-state index contributed by atoms with van der Waals surface area (Å²) in [4.78, 5) is 21.7. The van der Waals surface area contributed by atoms with Gasteiger partial charge in [0.2, 0.25) is 5.91 Å². The van der Waals surface area contributed by atoms with Gasteiger partial charge in [-0.15, -0.1) is 0 Å². The van der Waals surface area contributed by atoms with Crippen LogP contribution < -0.4 is 0 Å². The highest BCUT2D eigenvalue weighted by Gasteiger charge is 2.31. The van der Waals surface area contributed by atoms with Crippen molar-refractivity contribution in [1.82, 2.24) is 14.8 Å². The van der Waals surface area contributed by atoms with Crippen LogP contribution in [0.15, 0.2) is 47.3 Å². The summed E-state index contributed by atoms with van der Waals surface area (Å²) in [5.41, 5.74) is 0.958. The molecule has 1 aliphatic heterocycles. The van der Waals surface area contributed by atoms with Crippen molar-refractivity contribution in [3.05, 3.63) is 54.2 Å². The van der Waals surface area contributed by atoms with Crippen molar-refractivity contribution in [2.24, 2.45) is 0 Å². The first kappa shape index (κ1) is 16.7. The lowest BCUT2D eigenvalue weighted by atomic mass is 9.97. The molecule has 0 aliphatic carbocycles. The smallest absolute Gasteiger partial charge is 0.230 e. The molecule has 5 heteroatoms. The number of carbonyl (C=O) groups is 1. The van der Waals surface area contributed by atoms with Gasteiger partial charge in [-0.3, -0.25) is 9.78 Å². The van der Waals surface area contributed by atoms with E-state index in [2.05, 4.69) is 16.9 Å². The lowest BCUT2D eigenvalue weighted by Gasteiger charge is -2.38. The van der Waals surface area contributed by atoms with Gasteiger partial charge >= 0.3 is 0 Å². The Kier molecular flexibility index (Phi) is 5.30. The fourth-order valence-corrected chi connectivity index (χ4v) is 3.29. The minimum absolute atomic E-state index is 0.147. The standard InChI is InChI=1S/C19H25N3O2/c1-15(16-5-3-9-20-13-16)19(23)22(14-18-6-4-12-24-18)17-7-10-21(2)11-8-17/h3-6,9,12-13,15,17H,7-8,10-11,14H2,1-2H3/t15-/m1/s1. The van der Waals surface area contributed by atoms with Crippen LogP contribution in [-0.4, -0.2) is 46.9 Å². The number of hydrogen-bond donors (Lipinski definition) is 0. The van der Waals surface area contributed by atoms with Gasteiger partial charge in [0.15, 0.2) is 0 Å². The summed E-state index contributed by atoms with van der Waals surface area (Å²) in [5.74, 6) is 0.780. The average Bonchev–Trinajstić information content (AvgIpc) is 3.13. The highest BCUT2D eigenvalue weighted by molar-refractivity contribution is 5.83. The highest BCUT2D eigenvalue weighted by atomic mass is 16.3. The topological polar surface area (TPSA) is 49.6 Å². The Bertz CT molecular complexity index is 634. The van der Waals surface area contributed by atoms with E-state index in [1.54, 1.807) is 18.7 Å². The number of furan rings is 1. The van der Waals surface area contributed by atoms with Gasteiger partial charge in [-0.25, -0.2) is 0 Å². The van der Waals surface area contributed by atoms with Gasteiger partial charge < -0.3 is 14.2 Å². The molecule has 2 aromatic rings. The second kappa shape index (κ2) is 7.62. The molecule has 0 bridgehead atoms. The molecule has 0 saturated carbocycles. The number of nitrogens with zero attached hydrogens (tertiary/aromatic N) is 3. The predicted molar refractivity (Wildman–Crippen MR) is 92.4 cm³/mol. The fraction of sp³-hybridized carbons (Fsp3) is 0.474. The Morgan fingerprint density at radius 1 is 1.38 bits per heavy atom.